The van der Waals surface area contributed by atoms with Crippen molar-refractivity contribution in [2.75, 3.05) is 0 Å². The molecule has 1 saturated heterocycles. The van der Waals surface area contributed by atoms with E-state index in [4.69, 9.17) is 16.3 Å². The maximum Gasteiger partial charge on any atom is 0.149 e. The molecule has 1 saturated carbocycles. The zero-order valence-electron chi connectivity index (χ0n) is 13.0. The van der Waals surface area contributed by atoms with Crippen molar-refractivity contribution in [3.05, 3.63) is 42.0 Å². The van der Waals surface area contributed by atoms with E-state index >= 15 is 0 Å². The molecule has 21 heavy (non-hydrogen) atoms. The highest BCUT2D eigenvalue weighted by Gasteiger charge is 2.52. The minimum absolute atomic E-state index is 0.0472. The fraction of sp³-hybridized carbons (Fsp3) is 0.529. The van der Waals surface area contributed by atoms with E-state index in [2.05, 4.69) is 51.6 Å². The van der Waals surface area contributed by atoms with Gasteiger partial charge in [0.25, 0.3) is 0 Å². The summed E-state index contributed by atoms with van der Waals surface area (Å²) < 4.78 is 6.59. The van der Waals surface area contributed by atoms with Crippen LogP contribution in [0.2, 0.25) is 0 Å². The van der Waals surface area contributed by atoms with Gasteiger partial charge < -0.3 is 4.52 Å². The van der Waals surface area contributed by atoms with Crippen LogP contribution in [0.4, 0.5) is 0 Å². The minimum Gasteiger partial charge on any atom is -0.331 e. The van der Waals surface area contributed by atoms with E-state index in [0.29, 0.717) is 11.2 Å². The summed E-state index contributed by atoms with van der Waals surface area (Å²) in [5.41, 5.74) is 0.570. The van der Waals surface area contributed by atoms with Crippen LogP contribution in [0.3, 0.4) is 0 Å². The first-order valence-corrected chi connectivity index (χ1v) is 11.8. The molecule has 2 aliphatic rings. The third-order valence-corrected chi connectivity index (χ3v) is 11.8. The first-order chi connectivity index (χ1) is 9.84. The zero-order chi connectivity index (χ0) is 15.3. The van der Waals surface area contributed by atoms with Gasteiger partial charge in [-0.25, -0.2) is 0 Å². The molecule has 0 radical (unpaired) electrons. The summed E-state index contributed by atoms with van der Waals surface area (Å²) in [6, 6.07) is 8.47. The van der Waals surface area contributed by atoms with Crippen molar-refractivity contribution in [2.24, 2.45) is 5.92 Å². The predicted octanol–water partition coefficient (Wildman–Crippen LogP) is 5.20. The first-order valence-electron chi connectivity index (χ1n) is 7.55. The Kier molecular flexibility index (Phi) is 4.16. The van der Waals surface area contributed by atoms with Crippen LogP contribution < -0.4 is 5.30 Å². The van der Waals surface area contributed by atoms with Gasteiger partial charge >= 0.3 is 0 Å². The molecule has 114 valence electrons. The average Bonchev–Trinajstić information content (AvgIpc) is 2.69. The number of allylic oxidation sites excluding steroid dienone is 1. The summed E-state index contributed by atoms with van der Waals surface area (Å²) in [5, 5.41) is 1.77. The van der Waals surface area contributed by atoms with Gasteiger partial charge in [0.15, 0.2) is 0 Å². The molecule has 0 aromatic heterocycles. The molecule has 1 aliphatic heterocycles. The molecule has 3 rings (SSSR count). The standard InChI is InChI=1S/C17H23OPS2/c1-12(2)14-9-10-17(4)16(11-14)21-19(20,18-17)15-8-6-5-7-13(15)3/h5-8,14,16H,1,9-11H2,2-4H3/t14-,16+,17+,19+/m1/s1. The van der Waals surface area contributed by atoms with Crippen molar-refractivity contribution in [1.29, 1.82) is 0 Å². The highest BCUT2D eigenvalue weighted by molar-refractivity contribution is 8.72. The molecule has 1 aromatic carbocycles. The summed E-state index contributed by atoms with van der Waals surface area (Å²) in [7, 11) is 0. The molecule has 0 N–H and O–H groups in total. The van der Waals surface area contributed by atoms with Crippen molar-refractivity contribution in [3.8, 4) is 0 Å². The second-order valence-electron chi connectivity index (χ2n) is 6.60. The zero-order valence-corrected chi connectivity index (χ0v) is 15.5. The van der Waals surface area contributed by atoms with Gasteiger partial charge in [0.1, 0.15) is 5.47 Å². The Morgan fingerprint density at radius 1 is 1.48 bits per heavy atom. The molecule has 1 heterocycles. The van der Waals surface area contributed by atoms with Crippen LogP contribution in [-0.2, 0) is 16.3 Å². The number of rotatable bonds is 2. The predicted molar refractivity (Wildman–Crippen MR) is 98.1 cm³/mol. The number of aryl methyl sites for hydroxylation is 1. The lowest BCUT2D eigenvalue weighted by atomic mass is 9.77. The second-order valence-corrected chi connectivity index (χ2v) is 13.4. The van der Waals surface area contributed by atoms with Crippen LogP contribution in [0.25, 0.3) is 0 Å². The van der Waals surface area contributed by atoms with Gasteiger partial charge in [0, 0.05) is 10.6 Å². The lowest BCUT2D eigenvalue weighted by molar-refractivity contribution is 0.0685. The monoisotopic (exact) mass is 338 g/mol. The first kappa shape index (κ1) is 15.8. The van der Waals surface area contributed by atoms with Crippen LogP contribution in [0, 0.1) is 12.8 Å². The van der Waals surface area contributed by atoms with Crippen LogP contribution in [0.5, 0.6) is 0 Å². The van der Waals surface area contributed by atoms with Gasteiger partial charge in [-0.1, -0.05) is 59.6 Å². The maximum absolute atomic E-state index is 6.59. The Labute approximate surface area is 137 Å². The van der Waals surface area contributed by atoms with Gasteiger partial charge in [0.2, 0.25) is 0 Å². The third-order valence-electron chi connectivity index (χ3n) is 4.87. The Morgan fingerprint density at radius 2 is 2.19 bits per heavy atom. The molecule has 1 aliphatic carbocycles. The fourth-order valence-electron chi connectivity index (χ4n) is 3.39. The summed E-state index contributed by atoms with van der Waals surface area (Å²) in [5.74, 6) is 0.637. The highest BCUT2D eigenvalue weighted by atomic mass is 32.9. The van der Waals surface area contributed by atoms with Gasteiger partial charge in [-0.2, -0.15) is 0 Å². The van der Waals surface area contributed by atoms with Crippen molar-refractivity contribution in [1.82, 2.24) is 0 Å². The van der Waals surface area contributed by atoms with Crippen molar-refractivity contribution in [3.63, 3.8) is 0 Å². The van der Waals surface area contributed by atoms with Crippen LogP contribution in [-0.4, -0.2) is 10.9 Å². The minimum atomic E-state index is -1.97. The largest absolute Gasteiger partial charge is 0.331 e. The molecular weight excluding hydrogens is 315 g/mol. The summed E-state index contributed by atoms with van der Waals surface area (Å²) in [4.78, 5) is 0. The summed E-state index contributed by atoms with van der Waals surface area (Å²) >= 11 is 7.99. The van der Waals surface area contributed by atoms with Crippen molar-refractivity contribution < 1.29 is 4.52 Å². The molecule has 1 nitrogen and oxygen atoms in total. The topological polar surface area (TPSA) is 9.23 Å². The normalized spacial score (nSPS) is 39.0. The van der Waals surface area contributed by atoms with Crippen molar-refractivity contribution >= 4 is 34.0 Å². The van der Waals surface area contributed by atoms with Gasteiger partial charge in [-0.3, -0.25) is 0 Å². The molecule has 2 fully saturated rings. The van der Waals surface area contributed by atoms with E-state index in [1.165, 1.54) is 29.3 Å². The number of fused-ring (bicyclic) bond motifs is 1. The van der Waals surface area contributed by atoms with E-state index in [-0.39, 0.29) is 5.60 Å². The number of benzene rings is 1. The van der Waals surface area contributed by atoms with Gasteiger partial charge in [0.05, 0.1) is 5.60 Å². The van der Waals surface area contributed by atoms with E-state index < -0.39 is 5.47 Å². The smallest absolute Gasteiger partial charge is 0.149 e. The summed E-state index contributed by atoms with van der Waals surface area (Å²) in [6.45, 7) is 10.7. The lowest BCUT2D eigenvalue weighted by Gasteiger charge is -2.38. The molecular formula is C17H23OPS2. The Balaban J connectivity index is 1.91. The van der Waals surface area contributed by atoms with Crippen molar-refractivity contribution in [2.45, 2.75) is 50.9 Å². The quantitative estimate of drug-likeness (QED) is 0.542. The molecule has 0 amide bonds. The third kappa shape index (κ3) is 2.79. The number of hydrogen-bond donors (Lipinski definition) is 0. The number of hydrogen-bond acceptors (Lipinski definition) is 3. The molecule has 1 aromatic rings. The molecule has 4 heteroatoms. The second kappa shape index (κ2) is 5.53. The molecule has 0 bridgehead atoms. The van der Waals surface area contributed by atoms with Gasteiger partial charge in [-0.05, 0) is 51.5 Å². The Morgan fingerprint density at radius 3 is 2.86 bits per heavy atom. The van der Waals surface area contributed by atoms with Crippen LogP contribution >= 0.6 is 16.8 Å². The van der Waals surface area contributed by atoms with E-state index in [0.717, 1.165) is 6.42 Å². The summed E-state index contributed by atoms with van der Waals surface area (Å²) in [6.07, 6.45) is 3.46. The average molecular weight is 338 g/mol. The SMILES string of the molecule is C=C(C)[C@@H]1CC[C@]2(C)O[P@](=S)(c3ccccc3C)S[C@H]2C1. The van der Waals surface area contributed by atoms with Gasteiger partial charge in [-0.15, -0.1) is 0 Å². The molecule has 0 spiro atoms. The molecule has 0 unspecified atom stereocenters. The lowest BCUT2D eigenvalue weighted by Crippen LogP contribution is -2.40. The highest BCUT2D eigenvalue weighted by Crippen LogP contribution is 2.73. The van der Waals surface area contributed by atoms with E-state index in [1.54, 1.807) is 0 Å². The molecule has 4 atom stereocenters. The van der Waals surface area contributed by atoms with Crippen LogP contribution in [0.15, 0.2) is 36.4 Å². The van der Waals surface area contributed by atoms with E-state index in [9.17, 15) is 0 Å². The van der Waals surface area contributed by atoms with E-state index in [1.807, 2.05) is 11.4 Å². The Hall–Kier alpha value is -0.0800. The fourth-order valence-corrected chi connectivity index (χ4v) is 11.9. The van der Waals surface area contributed by atoms with Crippen LogP contribution in [0.1, 0.15) is 38.7 Å². The Bertz CT molecular complexity index is 627. The maximum atomic E-state index is 6.59.